The van der Waals surface area contributed by atoms with E-state index in [1.165, 1.54) is 22.3 Å². The Morgan fingerprint density at radius 2 is 1.00 bits per heavy atom. The van der Waals surface area contributed by atoms with Crippen LogP contribution in [0, 0.1) is 11.3 Å². The molecule has 0 fully saturated rings. The summed E-state index contributed by atoms with van der Waals surface area (Å²) in [6.07, 6.45) is 0.792. The van der Waals surface area contributed by atoms with Crippen LogP contribution in [0.2, 0.25) is 0 Å². The predicted octanol–water partition coefficient (Wildman–Crippen LogP) is 5.98. The van der Waals surface area contributed by atoms with Crippen LogP contribution in [0.25, 0.3) is 0 Å². The van der Waals surface area contributed by atoms with Crippen molar-refractivity contribution < 1.29 is 0 Å². The number of benzene rings is 4. The molecule has 0 unspecified atom stereocenters. The fraction of sp³-hybridized carbons (Fsp3) is 0.194. The SMILES string of the molecule is N#C[C@@H](NCc1ccccc1)[C@H](Cc1ccccc1)N(Cc1ccccc1)Cc1ccccc1. The minimum atomic E-state index is -0.326. The monoisotopic (exact) mass is 445 g/mol. The van der Waals surface area contributed by atoms with E-state index in [1.54, 1.807) is 0 Å². The van der Waals surface area contributed by atoms with Gasteiger partial charge in [-0.05, 0) is 28.7 Å². The van der Waals surface area contributed by atoms with E-state index in [1.807, 2.05) is 36.4 Å². The summed E-state index contributed by atoms with van der Waals surface area (Å²) in [5.41, 5.74) is 4.91. The van der Waals surface area contributed by atoms with Gasteiger partial charge in [-0.2, -0.15) is 5.26 Å². The van der Waals surface area contributed by atoms with E-state index < -0.39 is 0 Å². The van der Waals surface area contributed by atoms with Crippen LogP contribution in [0.3, 0.4) is 0 Å². The molecule has 1 N–H and O–H groups in total. The maximum absolute atomic E-state index is 10.3. The molecule has 0 saturated heterocycles. The van der Waals surface area contributed by atoms with Crippen LogP contribution < -0.4 is 5.32 Å². The Bertz CT molecular complexity index is 1100. The van der Waals surface area contributed by atoms with Gasteiger partial charge in [-0.15, -0.1) is 0 Å². The van der Waals surface area contributed by atoms with Crippen LogP contribution in [-0.4, -0.2) is 17.0 Å². The van der Waals surface area contributed by atoms with Crippen LogP contribution in [0.5, 0.6) is 0 Å². The van der Waals surface area contributed by atoms with Crippen molar-refractivity contribution in [3.05, 3.63) is 144 Å². The van der Waals surface area contributed by atoms with E-state index in [0.717, 1.165) is 19.5 Å². The van der Waals surface area contributed by atoms with Crippen LogP contribution in [-0.2, 0) is 26.1 Å². The number of nitrogens with one attached hydrogen (secondary N) is 1. The second kappa shape index (κ2) is 12.5. The molecule has 0 saturated carbocycles. The molecule has 0 aliphatic heterocycles. The quantitative estimate of drug-likeness (QED) is 0.309. The number of rotatable bonds is 11. The number of nitriles is 1. The van der Waals surface area contributed by atoms with Crippen molar-refractivity contribution in [1.82, 2.24) is 10.2 Å². The molecular weight excluding hydrogens is 414 g/mol. The fourth-order valence-corrected chi connectivity index (χ4v) is 4.33. The van der Waals surface area contributed by atoms with E-state index in [2.05, 4.69) is 101 Å². The summed E-state index contributed by atoms with van der Waals surface area (Å²) >= 11 is 0. The lowest BCUT2D eigenvalue weighted by Gasteiger charge is -2.35. The number of hydrogen-bond donors (Lipinski definition) is 1. The van der Waals surface area contributed by atoms with Crippen LogP contribution >= 0.6 is 0 Å². The van der Waals surface area contributed by atoms with Crippen LogP contribution in [0.4, 0.5) is 0 Å². The zero-order valence-electron chi connectivity index (χ0n) is 19.4. The predicted molar refractivity (Wildman–Crippen MR) is 139 cm³/mol. The van der Waals surface area contributed by atoms with E-state index in [4.69, 9.17) is 0 Å². The van der Waals surface area contributed by atoms with Crippen molar-refractivity contribution in [3.8, 4) is 6.07 Å². The molecule has 2 atom stereocenters. The highest BCUT2D eigenvalue weighted by atomic mass is 15.2. The second-order valence-corrected chi connectivity index (χ2v) is 8.61. The highest BCUT2D eigenvalue weighted by Gasteiger charge is 2.28. The Morgan fingerprint density at radius 1 is 0.588 bits per heavy atom. The smallest absolute Gasteiger partial charge is 0.112 e. The third-order valence-electron chi connectivity index (χ3n) is 6.11. The van der Waals surface area contributed by atoms with E-state index in [9.17, 15) is 5.26 Å². The Kier molecular flexibility index (Phi) is 8.63. The van der Waals surface area contributed by atoms with E-state index in [-0.39, 0.29) is 12.1 Å². The average molecular weight is 446 g/mol. The van der Waals surface area contributed by atoms with Crippen molar-refractivity contribution in [1.29, 1.82) is 5.26 Å². The largest absolute Gasteiger partial charge is 0.296 e. The van der Waals surface area contributed by atoms with Gasteiger partial charge in [-0.25, -0.2) is 0 Å². The van der Waals surface area contributed by atoms with Crippen molar-refractivity contribution in [2.75, 3.05) is 0 Å². The van der Waals surface area contributed by atoms with E-state index in [0.29, 0.717) is 6.54 Å². The van der Waals surface area contributed by atoms with Gasteiger partial charge in [-0.1, -0.05) is 121 Å². The van der Waals surface area contributed by atoms with Crippen LogP contribution in [0.15, 0.2) is 121 Å². The normalized spacial score (nSPS) is 12.7. The Morgan fingerprint density at radius 3 is 1.44 bits per heavy atom. The lowest BCUT2D eigenvalue weighted by Crippen LogP contribution is -2.50. The molecular formula is C31H31N3. The van der Waals surface area contributed by atoms with Gasteiger partial charge in [0, 0.05) is 25.7 Å². The third-order valence-corrected chi connectivity index (χ3v) is 6.11. The first-order chi connectivity index (χ1) is 16.8. The number of nitrogens with zero attached hydrogens (tertiary/aromatic N) is 2. The molecule has 0 aliphatic rings. The molecule has 4 rings (SSSR count). The first kappa shape index (κ1) is 23.4. The highest BCUT2D eigenvalue weighted by Crippen LogP contribution is 2.20. The Labute approximate surface area is 203 Å². The van der Waals surface area contributed by atoms with Gasteiger partial charge in [0.2, 0.25) is 0 Å². The fourth-order valence-electron chi connectivity index (χ4n) is 4.33. The van der Waals surface area contributed by atoms with Crippen molar-refractivity contribution in [2.45, 2.75) is 38.1 Å². The molecule has 0 aliphatic carbocycles. The van der Waals surface area contributed by atoms with Gasteiger partial charge in [0.25, 0.3) is 0 Å². The lowest BCUT2D eigenvalue weighted by molar-refractivity contribution is 0.154. The molecule has 34 heavy (non-hydrogen) atoms. The summed E-state index contributed by atoms with van der Waals surface area (Å²) in [5.74, 6) is 0. The van der Waals surface area contributed by atoms with Gasteiger partial charge in [0.15, 0.2) is 0 Å². The summed E-state index contributed by atoms with van der Waals surface area (Å²) in [6.45, 7) is 2.21. The minimum absolute atomic E-state index is 0.00322. The molecule has 3 nitrogen and oxygen atoms in total. The molecule has 4 aromatic rings. The van der Waals surface area contributed by atoms with Crippen molar-refractivity contribution in [3.63, 3.8) is 0 Å². The second-order valence-electron chi connectivity index (χ2n) is 8.61. The van der Waals surface area contributed by atoms with Gasteiger partial charge < -0.3 is 0 Å². The third kappa shape index (κ3) is 6.89. The maximum atomic E-state index is 10.3. The van der Waals surface area contributed by atoms with Crippen LogP contribution in [0.1, 0.15) is 22.3 Å². The standard InChI is InChI=1S/C31H31N3/c32-22-30(33-23-27-15-7-2-8-16-27)31(21-26-13-5-1-6-14-26)34(24-28-17-9-3-10-18-28)25-29-19-11-4-12-20-29/h1-20,30-31,33H,21,23-25H2/t30-,31+/m1/s1. The molecule has 0 radical (unpaired) electrons. The molecule has 0 aromatic heterocycles. The molecule has 0 amide bonds. The first-order valence-electron chi connectivity index (χ1n) is 11.8. The molecule has 0 bridgehead atoms. The molecule has 3 heteroatoms. The summed E-state index contributed by atoms with van der Waals surface area (Å²) in [7, 11) is 0. The topological polar surface area (TPSA) is 39.1 Å². The zero-order chi connectivity index (χ0) is 23.4. The zero-order valence-corrected chi connectivity index (χ0v) is 19.4. The van der Waals surface area contributed by atoms with Crippen molar-refractivity contribution >= 4 is 0 Å². The highest BCUT2D eigenvalue weighted by molar-refractivity contribution is 5.22. The molecule has 0 spiro atoms. The summed E-state index contributed by atoms with van der Waals surface area (Å²) in [6, 6.07) is 44.1. The summed E-state index contributed by atoms with van der Waals surface area (Å²) in [4.78, 5) is 2.45. The summed E-state index contributed by atoms with van der Waals surface area (Å²) < 4.78 is 0. The Hall–Kier alpha value is -3.71. The Balaban J connectivity index is 1.64. The van der Waals surface area contributed by atoms with Gasteiger partial charge in [0.05, 0.1) is 6.07 Å². The van der Waals surface area contributed by atoms with Crippen molar-refractivity contribution in [2.24, 2.45) is 0 Å². The van der Waals surface area contributed by atoms with Gasteiger partial charge in [0.1, 0.15) is 6.04 Å². The maximum Gasteiger partial charge on any atom is 0.112 e. The lowest BCUT2D eigenvalue weighted by atomic mass is 9.96. The van der Waals surface area contributed by atoms with E-state index >= 15 is 0 Å². The molecule has 0 heterocycles. The van der Waals surface area contributed by atoms with Gasteiger partial charge >= 0.3 is 0 Å². The van der Waals surface area contributed by atoms with Gasteiger partial charge in [-0.3, -0.25) is 10.2 Å². The molecule has 170 valence electrons. The summed E-state index contributed by atoms with van der Waals surface area (Å²) in [5, 5.41) is 13.8. The molecule has 4 aromatic carbocycles. The average Bonchev–Trinajstić information content (AvgIpc) is 2.90. The minimum Gasteiger partial charge on any atom is -0.296 e. The number of hydrogen-bond acceptors (Lipinski definition) is 3. The first-order valence-corrected chi connectivity index (χ1v) is 11.8.